The molecule has 3 amide bonds. The SMILES string of the molecule is C=C[C@H]1C[C@@]1(CC(=O)[C@@H]1C[C@@]2(CN1C(=O)[C@@H](CC(=O)[C@@H](NC(=O)c1ccno1)C1CCCCC1)C(C)(C)C)C(C)(C)C21CCC1)C(=O)NS(=O)(=O)C1CC1. The topological polar surface area (TPSA) is 173 Å². The molecule has 0 unspecified atom stereocenters. The van der Waals surface area contributed by atoms with Gasteiger partial charge < -0.3 is 14.7 Å². The van der Waals surface area contributed by atoms with Gasteiger partial charge >= 0.3 is 0 Å². The Labute approximate surface area is 319 Å². The molecule has 0 bridgehead atoms. The summed E-state index contributed by atoms with van der Waals surface area (Å²) in [6.45, 7) is 14.5. The van der Waals surface area contributed by atoms with E-state index in [0.717, 1.165) is 51.4 Å². The molecule has 0 aromatic carbocycles. The molecule has 54 heavy (non-hydrogen) atoms. The quantitative estimate of drug-likeness (QED) is 0.231. The van der Waals surface area contributed by atoms with E-state index in [-0.39, 0.29) is 64.2 Å². The van der Waals surface area contributed by atoms with Crippen molar-refractivity contribution in [3.8, 4) is 0 Å². The monoisotopic (exact) mass is 766 g/mol. The van der Waals surface area contributed by atoms with E-state index in [1.54, 1.807) is 11.0 Å². The molecular weight excluding hydrogens is 709 g/mol. The molecule has 2 heterocycles. The normalized spacial score (nSPS) is 30.9. The van der Waals surface area contributed by atoms with Crippen LogP contribution in [-0.2, 0) is 29.2 Å². The molecule has 1 aromatic rings. The van der Waals surface area contributed by atoms with E-state index in [4.69, 9.17) is 4.52 Å². The van der Waals surface area contributed by atoms with Crippen LogP contribution in [0.25, 0.3) is 0 Å². The van der Waals surface area contributed by atoms with Crippen LogP contribution >= 0.6 is 0 Å². The Morgan fingerprint density at radius 1 is 1.02 bits per heavy atom. The largest absolute Gasteiger partial charge is 0.351 e. The third kappa shape index (κ3) is 6.28. The number of ketones is 2. The summed E-state index contributed by atoms with van der Waals surface area (Å²) in [6.07, 6.45) is 12.2. The average Bonchev–Trinajstić information content (AvgIpc) is 4.02. The zero-order valence-corrected chi connectivity index (χ0v) is 33.4. The van der Waals surface area contributed by atoms with Gasteiger partial charge in [0.25, 0.3) is 5.91 Å². The van der Waals surface area contributed by atoms with Crippen molar-refractivity contribution in [2.75, 3.05) is 6.54 Å². The fourth-order valence-corrected chi connectivity index (χ4v) is 12.6. The van der Waals surface area contributed by atoms with Gasteiger partial charge in [-0.25, -0.2) is 8.42 Å². The Morgan fingerprint density at radius 3 is 2.22 bits per heavy atom. The minimum absolute atomic E-state index is 0.0127. The summed E-state index contributed by atoms with van der Waals surface area (Å²) in [7, 11) is -3.83. The molecule has 1 saturated heterocycles. The van der Waals surface area contributed by atoms with E-state index in [0.29, 0.717) is 32.2 Å². The molecule has 2 N–H and O–H groups in total. The van der Waals surface area contributed by atoms with Crippen molar-refractivity contribution in [1.29, 1.82) is 0 Å². The summed E-state index contributed by atoms with van der Waals surface area (Å²) >= 11 is 0. The minimum Gasteiger partial charge on any atom is -0.351 e. The zero-order valence-electron chi connectivity index (χ0n) is 32.6. The molecule has 296 valence electrons. The summed E-state index contributed by atoms with van der Waals surface area (Å²) in [5.41, 5.74) is -2.26. The van der Waals surface area contributed by atoms with Crippen LogP contribution in [0.5, 0.6) is 0 Å². The number of hydrogen-bond acceptors (Lipinski definition) is 9. The van der Waals surface area contributed by atoms with E-state index in [1.165, 1.54) is 12.3 Å². The van der Waals surface area contributed by atoms with Gasteiger partial charge in [0.15, 0.2) is 11.6 Å². The number of carbonyl (C=O) groups excluding carboxylic acids is 5. The molecule has 2 spiro atoms. The van der Waals surface area contributed by atoms with Crippen LogP contribution in [0.1, 0.15) is 135 Å². The number of rotatable bonds is 14. The van der Waals surface area contributed by atoms with E-state index >= 15 is 4.79 Å². The number of fused-ring (bicyclic) bond motifs is 1. The molecule has 1 aliphatic heterocycles. The van der Waals surface area contributed by atoms with Crippen molar-refractivity contribution >= 4 is 39.3 Å². The maximum atomic E-state index is 15.1. The average molecular weight is 767 g/mol. The molecule has 12 nitrogen and oxygen atoms in total. The van der Waals surface area contributed by atoms with Crippen molar-refractivity contribution in [1.82, 2.24) is 20.1 Å². The summed E-state index contributed by atoms with van der Waals surface area (Å²) in [6, 6.07) is -0.167. The molecule has 1 aromatic heterocycles. The zero-order chi connectivity index (χ0) is 39.1. The van der Waals surface area contributed by atoms with E-state index in [1.807, 2.05) is 20.8 Å². The van der Waals surface area contributed by atoms with Gasteiger partial charge in [-0.05, 0) is 79.4 Å². The first kappa shape index (κ1) is 38.9. The minimum atomic E-state index is -3.83. The second-order valence-electron chi connectivity index (χ2n) is 19.2. The molecule has 13 heteroatoms. The maximum Gasteiger partial charge on any atom is 0.290 e. The summed E-state index contributed by atoms with van der Waals surface area (Å²) < 4.78 is 33.0. The molecular formula is C41H58N4O8S. The lowest BCUT2D eigenvalue weighted by Gasteiger charge is -2.37. The number of nitrogens with one attached hydrogen (secondary N) is 2. The molecule has 6 fully saturated rings. The second-order valence-corrected chi connectivity index (χ2v) is 21.1. The highest BCUT2D eigenvalue weighted by atomic mass is 32.2. The van der Waals surface area contributed by atoms with Crippen molar-refractivity contribution in [3.05, 3.63) is 30.7 Å². The van der Waals surface area contributed by atoms with Gasteiger partial charge in [-0.3, -0.25) is 28.7 Å². The van der Waals surface area contributed by atoms with Crippen LogP contribution in [-0.4, -0.2) is 71.6 Å². The lowest BCUT2D eigenvalue weighted by atomic mass is 9.73. The third-order valence-corrected chi connectivity index (χ3v) is 17.0. The maximum absolute atomic E-state index is 15.1. The van der Waals surface area contributed by atoms with Crippen molar-refractivity contribution < 1.29 is 36.9 Å². The van der Waals surface area contributed by atoms with Crippen LogP contribution in [0.3, 0.4) is 0 Å². The summed E-state index contributed by atoms with van der Waals surface area (Å²) in [4.78, 5) is 72.9. The molecule has 6 atom stereocenters. The Balaban J connectivity index is 1.16. The van der Waals surface area contributed by atoms with E-state index in [9.17, 15) is 27.6 Å². The van der Waals surface area contributed by atoms with Crippen LogP contribution in [0.4, 0.5) is 0 Å². The first-order valence-corrected chi connectivity index (χ1v) is 21.6. The van der Waals surface area contributed by atoms with Gasteiger partial charge in [-0.2, -0.15) is 0 Å². The summed E-state index contributed by atoms with van der Waals surface area (Å²) in [5, 5.41) is 5.99. The number of allylic oxidation sites excluding steroid dienone is 1. The van der Waals surface area contributed by atoms with Crippen LogP contribution in [0, 0.1) is 44.8 Å². The highest BCUT2D eigenvalue weighted by Gasteiger charge is 2.85. The van der Waals surface area contributed by atoms with Gasteiger partial charge in [0.2, 0.25) is 27.6 Å². The fraction of sp³-hybridized carbons (Fsp3) is 0.756. The molecule has 0 radical (unpaired) electrons. The number of carbonyl (C=O) groups is 5. The van der Waals surface area contributed by atoms with Crippen molar-refractivity contribution in [2.24, 2.45) is 44.8 Å². The van der Waals surface area contributed by atoms with E-state index < -0.39 is 55.9 Å². The fourth-order valence-electron chi connectivity index (χ4n) is 11.2. The number of likely N-dealkylation sites (tertiary alicyclic amines) is 1. The van der Waals surface area contributed by atoms with Crippen molar-refractivity contribution in [2.45, 2.75) is 142 Å². The van der Waals surface area contributed by atoms with Gasteiger partial charge in [-0.15, -0.1) is 6.58 Å². The number of nitrogens with zero attached hydrogens (tertiary/aromatic N) is 2. The van der Waals surface area contributed by atoms with Gasteiger partial charge in [-0.1, -0.05) is 71.5 Å². The van der Waals surface area contributed by atoms with Crippen LogP contribution in [0.2, 0.25) is 0 Å². The first-order chi connectivity index (χ1) is 25.3. The second kappa shape index (κ2) is 13.4. The van der Waals surface area contributed by atoms with E-state index in [2.05, 4.69) is 35.6 Å². The highest BCUT2D eigenvalue weighted by molar-refractivity contribution is 7.90. The standard InChI is InChI=1S/C41H58N4O8S/c1-7-26-21-39(26,36(50)44-54(51,52)27-14-15-27)23-31(47)29-22-41(38(5,6)40(41)17-11-18-40)24-45(29)35(49)28(37(2,3)4)20-30(46)33(25-12-9-8-10-13-25)43-34(48)32-16-19-42-53-32/h7,16,19,25-29,33H,1,8-15,17-18,20-24H2,2-6H3,(H,43,48)(H,44,50)/t26-,28+,29-,33-,39-,41+/m0/s1. The Bertz CT molecular complexity index is 1820. The van der Waals surface area contributed by atoms with Crippen molar-refractivity contribution in [3.63, 3.8) is 0 Å². The molecule has 5 saturated carbocycles. The number of aromatic nitrogens is 1. The molecule has 5 aliphatic carbocycles. The number of amides is 3. The van der Waals surface area contributed by atoms with Crippen LogP contribution < -0.4 is 10.0 Å². The predicted molar refractivity (Wildman–Crippen MR) is 200 cm³/mol. The number of Topliss-reactive ketones (excluding diaryl/α,β-unsaturated/α-hetero) is 2. The number of sulfonamides is 1. The Morgan fingerprint density at radius 2 is 1.70 bits per heavy atom. The summed E-state index contributed by atoms with van der Waals surface area (Å²) in [5.74, 6) is -3.13. The first-order valence-electron chi connectivity index (χ1n) is 20.1. The molecule has 6 aliphatic rings. The van der Waals surface area contributed by atoms with Gasteiger partial charge in [0, 0.05) is 36.8 Å². The Kier molecular flexibility index (Phi) is 9.65. The highest BCUT2D eigenvalue weighted by Crippen LogP contribution is 2.88. The smallest absolute Gasteiger partial charge is 0.290 e. The van der Waals surface area contributed by atoms with Gasteiger partial charge in [0.05, 0.1) is 28.9 Å². The van der Waals surface area contributed by atoms with Gasteiger partial charge in [0.1, 0.15) is 0 Å². The Hall–Kier alpha value is -3.35. The van der Waals surface area contributed by atoms with Crippen LogP contribution in [0.15, 0.2) is 29.4 Å². The lowest BCUT2D eigenvalue weighted by Crippen LogP contribution is -2.51. The number of hydrogen-bond donors (Lipinski definition) is 2. The third-order valence-electron chi connectivity index (χ3n) is 15.2. The predicted octanol–water partition coefficient (Wildman–Crippen LogP) is 5.53. The molecule has 7 rings (SSSR count). The lowest BCUT2D eigenvalue weighted by molar-refractivity contribution is -0.146.